The van der Waals surface area contributed by atoms with Gasteiger partial charge in [0.05, 0.1) is 0 Å². The van der Waals surface area contributed by atoms with Gasteiger partial charge in [-0.2, -0.15) is 0 Å². The number of rotatable bonds is 1. The number of pyridine rings is 1. The molecular weight excluding hydrogens is 212 g/mol. The molecule has 1 saturated heterocycles. The summed E-state index contributed by atoms with van der Waals surface area (Å²) in [5.74, 6) is 1.01. The molecule has 1 atom stereocenters. The van der Waals surface area contributed by atoms with Crippen LogP contribution < -0.4 is 10.6 Å². The van der Waals surface area contributed by atoms with Crippen molar-refractivity contribution in [3.05, 3.63) is 17.8 Å². The van der Waals surface area contributed by atoms with Crippen LogP contribution in [0.4, 0.5) is 11.5 Å². The standard InChI is InChI=1S/C13H22N4/c1-10-8-15-13(7-12(10)14)17-6-4-5-16(3)9-11(17)2/h7-8,11H,4-6,9H2,1-3H3,(H2,14,15). The van der Waals surface area contributed by atoms with Crippen LogP contribution in [0.25, 0.3) is 0 Å². The number of likely N-dealkylation sites (N-methyl/N-ethyl adjacent to an activating group) is 1. The third-order valence-electron chi connectivity index (χ3n) is 3.47. The molecule has 0 saturated carbocycles. The lowest BCUT2D eigenvalue weighted by Crippen LogP contribution is -2.38. The van der Waals surface area contributed by atoms with E-state index in [-0.39, 0.29) is 0 Å². The average molecular weight is 234 g/mol. The molecule has 1 aliphatic rings. The maximum absolute atomic E-state index is 5.96. The summed E-state index contributed by atoms with van der Waals surface area (Å²) in [6, 6.07) is 2.48. The number of anilines is 2. The van der Waals surface area contributed by atoms with Gasteiger partial charge < -0.3 is 15.5 Å². The van der Waals surface area contributed by atoms with Crippen molar-refractivity contribution in [1.82, 2.24) is 9.88 Å². The van der Waals surface area contributed by atoms with E-state index in [1.807, 2.05) is 19.2 Å². The first-order valence-corrected chi connectivity index (χ1v) is 6.25. The number of hydrogen-bond acceptors (Lipinski definition) is 4. The van der Waals surface area contributed by atoms with Gasteiger partial charge in [0.2, 0.25) is 0 Å². The van der Waals surface area contributed by atoms with Crippen molar-refractivity contribution in [2.75, 3.05) is 37.3 Å². The van der Waals surface area contributed by atoms with Gasteiger partial charge in [0, 0.05) is 37.1 Å². The lowest BCUT2D eigenvalue weighted by atomic mass is 10.2. The Labute approximate surface area is 103 Å². The van der Waals surface area contributed by atoms with Gasteiger partial charge in [0.1, 0.15) is 5.82 Å². The fraction of sp³-hybridized carbons (Fsp3) is 0.615. The van der Waals surface area contributed by atoms with Crippen molar-refractivity contribution in [3.63, 3.8) is 0 Å². The molecule has 1 fully saturated rings. The molecule has 0 aliphatic carbocycles. The molecule has 0 bridgehead atoms. The zero-order valence-corrected chi connectivity index (χ0v) is 11.0. The summed E-state index contributed by atoms with van der Waals surface area (Å²) in [7, 11) is 2.18. The molecule has 4 heteroatoms. The summed E-state index contributed by atoms with van der Waals surface area (Å²) in [5.41, 5.74) is 7.84. The van der Waals surface area contributed by atoms with Gasteiger partial charge in [-0.05, 0) is 39.4 Å². The second kappa shape index (κ2) is 4.92. The minimum absolute atomic E-state index is 0.483. The van der Waals surface area contributed by atoms with E-state index in [1.165, 1.54) is 6.42 Å². The van der Waals surface area contributed by atoms with Crippen molar-refractivity contribution in [3.8, 4) is 0 Å². The highest BCUT2D eigenvalue weighted by atomic mass is 15.3. The van der Waals surface area contributed by atoms with Crippen LogP contribution in [0.15, 0.2) is 12.3 Å². The molecule has 2 rings (SSSR count). The van der Waals surface area contributed by atoms with Crippen molar-refractivity contribution >= 4 is 11.5 Å². The number of aromatic nitrogens is 1. The summed E-state index contributed by atoms with van der Waals surface area (Å²) < 4.78 is 0. The molecule has 0 aromatic carbocycles. The monoisotopic (exact) mass is 234 g/mol. The molecule has 1 aromatic heterocycles. The van der Waals surface area contributed by atoms with E-state index in [2.05, 4.69) is 28.8 Å². The predicted molar refractivity (Wildman–Crippen MR) is 72.3 cm³/mol. The molecule has 94 valence electrons. The summed E-state index contributed by atoms with van der Waals surface area (Å²) in [4.78, 5) is 9.24. The molecule has 4 nitrogen and oxygen atoms in total. The van der Waals surface area contributed by atoms with Gasteiger partial charge in [0.25, 0.3) is 0 Å². The summed E-state index contributed by atoms with van der Waals surface area (Å²) in [5, 5.41) is 0. The minimum atomic E-state index is 0.483. The molecule has 2 heterocycles. The average Bonchev–Trinajstić information content (AvgIpc) is 2.43. The highest BCUT2D eigenvalue weighted by molar-refractivity contribution is 5.55. The molecular formula is C13H22N4. The quantitative estimate of drug-likeness (QED) is 0.800. The highest BCUT2D eigenvalue weighted by Crippen LogP contribution is 2.21. The molecule has 1 unspecified atom stereocenters. The van der Waals surface area contributed by atoms with E-state index in [9.17, 15) is 0 Å². The first kappa shape index (κ1) is 12.2. The van der Waals surface area contributed by atoms with Crippen LogP contribution in [0.2, 0.25) is 0 Å². The van der Waals surface area contributed by atoms with Gasteiger partial charge in [-0.3, -0.25) is 0 Å². The Bertz CT molecular complexity index is 391. The number of nitrogens with two attached hydrogens (primary N) is 1. The predicted octanol–water partition coefficient (Wildman–Crippen LogP) is 1.50. The maximum atomic E-state index is 5.96. The minimum Gasteiger partial charge on any atom is -0.398 e. The summed E-state index contributed by atoms with van der Waals surface area (Å²) >= 11 is 0. The van der Waals surface area contributed by atoms with E-state index in [0.29, 0.717) is 6.04 Å². The van der Waals surface area contributed by atoms with Gasteiger partial charge in [-0.15, -0.1) is 0 Å². The Morgan fingerprint density at radius 2 is 2.18 bits per heavy atom. The summed E-state index contributed by atoms with van der Waals surface area (Å²) in [6.07, 6.45) is 3.04. The normalized spacial score (nSPS) is 22.5. The van der Waals surface area contributed by atoms with E-state index < -0.39 is 0 Å². The SMILES string of the molecule is Cc1cnc(N2CCCN(C)CC2C)cc1N. The van der Waals surface area contributed by atoms with Crippen LogP contribution in [-0.4, -0.2) is 42.6 Å². The van der Waals surface area contributed by atoms with Crippen molar-refractivity contribution in [2.24, 2.45) is 0 Å². The van der Waals surface area contributed by atoms with Gasteiger partial charge in [0.15, 0.2) is 0 Å². The van der Waals surface area contributed by atoms with E-state index >= 15 is 0 Å². The second-order valence-electron chi connectivity index (χ2n) is 5.06. The summed E-state index contributed by atoms with van der Waals surface area (Å²) in [6.45, 7) is 7.53. The first-order valence-electron chi connectivity index (χ1n) is 6.25. The van der Waals surface area contributed by atoms with Crippen LogP contribution in [0, 0.1) is 6.92 Å². The van der Waals surface area contributed by atoms with Gasteiger partial charge >= 0.3 is 0 Å². The highest BCUT2D eigenvalue weighted by Gasteiger charge is 2.20. The lowest BCUT2D eigenvalue weighted by molar-refractivity contribution is 0.337. The molecule has 0 radical (unpaired) electrons. The van der Waals surface area contributed by atoms with Crippen molar-refractivity contribution in [1.29, 1.82) is 0 Å². The Hall–Kier alpha value is -1.29. The topological polar surface area (TPSA) is 45.4 Å². The van der Waals surface area contributed by atoms with Crippen LogP contribution in [0.5, 0.6) is 0 Å². The Morgan fingerprint density at radius 1 is 1.41 bits per heavy atom. The molecule has 0 amide bonds. The maximum Gasteiger partial charge on any atom is 0.130 e. The lowest BCUT2D eigenvalue weighted by Gasteiger charge is -2.29. The van der Waals surface area contributed by atoms with Gasteiger partial charge in [-0.25, -0.2) is 4.98 Å². The van der Waals surface area contributed by atoms with Crippen molar-refractivity contribution < 1.29 is 0 Å². The van der Waals surface area contributed by atoms with Crippen LogP contribution in [-0.2, 0) is 0 Å². The molecule has 1 aliphatic heterocycles. The molecule has 1 aromatic rings. The molecule has 17 heavy (non-hydrogen) atoms. The number of hydrogen-bond donors (Lipinski definition) is 1. The Balaban J connectivity index is 2.22. The molecule has 2 N–H and O–H groups in total. The zero-order valence-electron chi connectivity index (χ0n) is 11.0. The Kier molecular flexibility index (Phi) is 3.52. The van der Waals surface area contributed by atoms with Crippen LogP contribution >= 0.6 is 0 Å². The van der Waals surface area contributed by atoms with Crippen LogP contribution in [0.3, 0.4) is 0 Å². The van der Waals surface area contributed by atoms with E-state index in [0.717, 1.165) is 36.7 Å². The second-order valence-corrected chi connectivity index (χ2v) is 5.06. The number of nitrogen functional groups attached to an aromatic ring is 1. The zero-order chi connectivity index (χ0) is 12.4. The van der Waals surface area contributed by atoms with E-state index in [1.54, 1.807) is 0 Å². The fourth-order valence-corrected chi connectivity index (χ4v) is 2.40. The van der Waals surface area contributed by atoms with Crippen molar-refractivity contribution in [2.45, 2.75) is 26.3 Å². The van der Waals surface area contributed by atoms with E-state index in [4.69, 9.17) is 5.73 Å². The first-order chi connectivity index (χ1) is 8.08. The smallest absolute Gasteiger partial charge is 0.130 e. The Morgan fingerprint density at radius 3 is 2.88 bits per heavy atom. The third kappa shape index (κ3) is 2.69. The molecule has 0 spiro atoms. The largest absolute Gasteiger partial charge is 0.398 e. The number of nitrogens with zero attached hydrogens (tertiary/aromatic N) is 3. The fourth-order valence-electron chi connectivity index (χ4n) is 2.40. The third-order valence-corrected chi connectivity index (χ3v) is 3.47. The van der Waals surface area contributed by atoms with Gasteiger partial charge in [-0.1, -0.05) is 0 Å². The number of aryl methyl sites for hydroxylation is 1. The van der Waals surface area contributed by atoms with Crippen LogP contribution in [0.1, 0.15) is 18.9 Å².